The van der Waals surface area contributed by atoms with Crippen molar-refractivity contribution in [1.82, 2.24) is 19.8 Å². The van der Waals surface area contributed by atoms with Gasteiger partial charge in [0.1, 0.15) is 5.82 Å². The third-order valence-corrected chi connectivity index (χ3v) is 4.73. The molecule has 3 aromatic heterocycles. The molecule has 0 radical (unpaired) electrons. The van der Waals surface area contributed by atoms with Crippen molar-refractivity contribution < 1.29 is 0 Å². The summed E-state index contributed by atoms with van der Waals surface area (Å²) in [4.78, 5) is 0. The maximum atomic E-state index is 6.27. The van der Waals surface area contributed by atoms with Gasteiger partial charge in [0.15, 0.2) is 11.5 Å². The Hall–Kier alpha value is -2.77. The number of nitrogens with one attached hydrogen (secondary N) is 1. The summed E-state index contributed by atoms with van der Waals surface area (Å²) < 4.78 is 1.75. The Morgan fingerprint density at radius 1 is 1.12 bits per heavy atom. The normalized spacial score (nSPS) is 12.4. The second kappa shape index (κ2) is 6.62. The standard InChI is InChI=1S/C18H18N6S/c1-12-2-4-13(5-3-12)15(19)10-20-16-6-7-17-21-22-18(24(17)23-16)14-8-9-25-11-14/h2-9,11,15H,10,19H2,1H3,(H,20,23). The van der Waals surface area contributed by atoms with E-state index >= 15 is 0 Å². The van der Waals surface area contributed by atoms with Crippen molar-refractivity contribution in [3.05, 3.63) is 64.4 Å². The number of aryl methyl sites for hydroxylation is 1. The molecule has 4 rings (SSSR count). The SMILES string of the molecule is Cc1ccc(C(N)CNc2ccc3nnc(-c4ccsc4)n3n2)cc1. The molecule has 0 saturated carbocycles. The van der Waals surface area contributed by atoms with Gasteiger partial charge in [-0.3, -0.25) is 0 Å². The first-order chi connectivity index (χ1) is 12.2. The largest absolute Gasteiger partial charge is 0.367 e. The summed E-state index contributed by atoms with van der Waals surface area (Å²) in [6.07, 6.45) is 0. The highest BCUT2D eigenvalue weighted by Crippen LogP contribution is 2.21. The Morgan fingerprint density at radius 3 is 2.72 bits per heavy atom. The zero-order valence-electron chi connectivity index (χ0n) is 13.8. The highest BCUT2D eigenvalue weighted by atomic mass is 32.1. The molecular weight excluding hydrogens is 332 g/mol. The van der Waals surface area contributed by atoms with Crippen molar-refractivity contribution in [3.63, 3.8) is 0 Å². The lowest BCUT2D eigenvalue weighted by Gasteiger charge is -2.14. The minimum atomic E-state index is -0.102. The van der Waals surface area contributed by atoms with E-state index in [9.17, 15) is 0 Å². The van der Waals surface area contributed by atoms with Gasteiger partial charge in [0.05, 0.1) is 0 Å². The van der Waals surface area contributed by atoms with Crippen LogP contribution in [0.25, 0.3) is 17.0 Å². The Morgan fingerprint density at radius 2 is 1.96 bits per heavy atom. The number of benzene rings is 1. The minimum Gasteiger partial charge on any atom is -0.367 e. The van der Waals surface area contributed by atoms with Gasteiger partial charge in [-0.2, -0.15) is 15.9 Å². The van der Waals surface area contributed by atoms with E-state index in [2.05, 4.69) is 51.8 Å². The Labute approximate surface area is 149 Å². The summed E-state index contributed by atoms with van der Waals surface area (Å²) in [7, 11) is 0. The summed E-state index contributed by atoms with van der Waals surface area (Å²) in [5, 5.41) is 20.4. The molecule has 1 aromatic carbocycles. The minimum absolute atomic E-state index is 0.102. The molecule has 0 aliphatic heterocycles. The van der Waals surface area contributed by atoms with E-state index in [0.29, 0.717) is 6.54 Å². The van der Waals surface area contributed by atoms with E-state index < -0.39 is 0 Å². The number of hydrogen-bond donors (Lipinski definition) is 2. The lowest BCUT2D eigenvalue weighted by atomic mass is 10.1. The average molecular weight is 350 g/mol. The van der Waals surface area contributed by atoms with Crippen LogP contribution >= 0.6 is 11.3 Å². The number of thiophene rings is 1. The molecule has 0 amide bonds. The van der Waals surface area contributed by atoms with Gasteiger partial charge in [0.25, 0.3) is 0 Å². The number of fused-ring (bicyclic) bond motifs is 1. The number of hydrogen-bond acceptors (Lipinski definition) is 6. The Bertz CT molecular complexity index is 975. The average Bonchev–Trinajstić information content (AvgIpc) is 3.29. The molecule has 0 bridgehead atoms. The van der Waals surface area contributed by atoms with Crippen LogP contribution in [0.5, 0.6) is 0 Å². The van der Waals surface area contributed by atoms with Gasteiger partial charge < -0.3 is 11.1 Å². The Kier molecular flexibility index (Phi) is 4.17. The highest BCUT2D eigenvalue weighted by Gasteiger charge is 2.11. The molecule has 6 nitrogen and oxygen atoms in total. The van der Waals surface area contributed by atoms with Crippen molar-refractivity contribution in [1.29, 1.82) is 0 Å². The third-order valence-electron chi connectivity index (χ3n) is 4.05. The lowest BCUT2D eigenvalue weighted by Crippen LogP contribution is -2.21. The van der Waals surface area contributed by atoms with E-state index in [1.165, 1.54) is 5.56 Å². The maximum Gasteiger partial charge on any atom is 0.186 e. The van der Waals surface area contributed by atoms with Crippen molar-refractivity contribution >= 4 is 22.8 Å². The van der Waals surface area contributed by atoms with Crippen LogP contribution in [-0.2, 0) is 0 Å². The van der Waals surface area contributed by atoms with Crippen LogP contribution in [0.4, 0.5) is 5.82 Å². The highest BCUT2D eigenvalue weighted by molar-refractivity contribution is 7.08. The maximum absolute atomic E-state index is 6.27. The molecule has 0 fully saturated rings. The van der Waals surface area contributed by atoms with E-state index in [-0.39, 0.29) is 6.04 Å². The van der Waals surface area contributed by atoms with E-state index in [1.54, 1.807) is 15.9 Å². The summed E-state index contributed by atoms with van der Waals surface area (Å²) in [6.45, 7) is 2.66. The predicted molar refractivity (Wildman–Crippen MR) is 101 cm³/mol. The third kappa shape index (κ3) is 3.24. The summed E-state index contributed by atoms with van der Waals surface area (Å²) in [5.41, 5.74) is 10.3. The number of nitrogens with two attached hydrogens (primary N) is 1. The molecule has 4 aromatic rings. The van der Waals surface area contributed by atoms with Gasteiger partial charge in [-0.1, -0.05) is 29.8 Å². The first-order valence-electron chi connectivity index (χ1n) is 8.02. The fraction of sp³-hybridized carbons (Fsp3) is 0.167. The fourth-order valence-electron chi connectivity index (χ4n) is 2.60. The van der Waals surface area contributed by atoms with E-state index in [1.807, 2.05) is 29.0 Å². The van der Waals surface area contributed by atoms with E-state index in [0.717, 1.165) is 28.4 Å². The molecular formula is C18H18N6S. The number of rotatable bonds is 5. The van der Waals surface area contributed by atoms with Crippen LogP contribution in [0.1, 0.15) is 17.2 Å². The van der Waals surface area contributed by atoms with Gasteiger partial charge in [-0.25, -0.2) is 0 Å². The lowest BCUT2D eigenvalue weighted by molar-refractivity contribution is 0.757. The second-order valence-electron chi connectivity index (χ2n) is 5.92. The van der Waals surface area contributed by atoms with E-state index in [4.69, 9.17) is 5.73 Å². The number of nitrogens with zero attached hydrogens (tertiary/aromatic N) is 4. The quantitative estimate of drug-likeness (QED) is 0.577. The van der Waals surface area contributed by atoms with Crippen LogP contribution in [0.3, 0.4) is 0 Å². The summed E-state index contributed by atoms with van der Waals surface area (Å²) in [6, 6.07) is 14.0. The van der Waals surface area contributed by atoms with Crippen LogP contribution in [-0.4, -0.2) is 26.4 Å². The van der Waals surface area contributed by atoms with Crippen LogP contribution in [0.15, 0.2) is 53.2 Å². The van der Waals surface area contributed by atoms with Crippen LogP contribution in [0.2, 0.25) is 0 Å². The summed E-state index contributed by atoms with van der Waals surface area (Å²) in [5.74, 6) is 1.48. The topological polar surface area (TPSA) is 81.1 Å². The second-order valence-corrected chi connectivity index (χ2v) is 6.70. The smallest absolute Gasteiger partial charge is 0.186 e. The molecule has 1 atom stereocenters. The van der Waals surface area contributed by atoms with Crippen molar-refractivity contribution in [3.8, 4) is 11.4 Å². The van der Waals surface area contributed by atoms with Crippen LogP contribution in [0, 0.1) is 6.92 Å². The molecule has 0 spiro atoms. The first kappa shape index (κ1) is 15.7. The van der Waals surface area contributed by atoms with Crippen LogP contribution < -0.4 is 11.1 Å². The zero-order chi connectivity index (χ0) is 17.2. The van der Waals surface area contributed by atoms with Gasteiger partial charge in [-0.15, -0.1) is 15.3 Å². The molecule has 0 saturated heterocycles. The molecule has 3 N–H and O–H groups in total. The van der Waals surface area contributed by atoms with Gasteiger partial charge >= 0.3 is 0 Å². The predicted octanol–water partition coefficient (Wildman–Crippen LogP) is 3.27. The zero-order valence-corrected chi connectivity index (χ0v) is 14.6. The van der Waals surface area contributed by atoms with Gasteiger partial charge in [-0.05, 0) is 36.1 Å². The van der Waals surface area contributed by atoms with Crippen molar-refractivity contribution in [2.75, 3.05) is 11.9 Å². The molecule has 1 unspecified atom stereocenters. The fourth-order valence-corrected chi connectivity index (χ4v) is 3.24. The van der Waals surface area contributed by atoms with Crippen molar-refractivity contribution in [2.45, 2.75) is 13.0 Å². The molecule has 25 heavy (non-hydrogen) atoms. The molecule has 3 heterocycles. The first-order valence-corrected chi connectivity index (χ1v) is 8.96. The summed E-state index contributed by atoms with van der Waals surface area (Å²) >= 11 is 1.62. The van der Waals surface area contributed by atoms with Crippen molar-refractivity contribution in [2.24, 2.45) is 5.73 Å². The monoisotopic (exact) mass is 350 g/mol. The van der Waals surface area contributed by atoms with Gasteiger partial charge in [0, 0.05) is 23.5 Å². The van der Waals surface area contributed by atoms with Gasteiger partial charge in [0.2, 0.25) is 0 Å². The Balaban J connectivity index is 1.53. The molecule has 7 heteroatoms. The number of aromatic nitrogens is 4. The molecule has 0 aliphatic carbocycles. The number of anilines is 1. The molecule has 0 aliphatic rings. The molecule has 126 valence electrons.